The molecule has 2 atom stereocenters. The average Bonchev–Trinajstić information content (AvgIpc) is 2.73. The third-order valence-electron chi connectivity index (χ3n) is 3.74. The second-order valence-corrected chi connectivity index (χ2v) is 5.56. The van der Waals surface area contributed by atoms with Gasteiger partial charge in [0.05, 0.1) is 0 Å². The van der Waals surface area contributed by atoms with Crippen LogP contribution >= 0.6 is 0 Å². The summed E-state index contributed by atoms with van der Waals surface area (Å²) in [6, 6.07) is 9.56. The summed E-state index contributed by atoms with van der Waals surface area (Å²) in [6.45, 7) is 3.36. The Bertz CT molecular complexity index is 342. The SMILES string of the molecule is CC1CCC(NCc2ccc(N(C)C)cc2)C1. The summed E-state index contributed by atoms with van der Waals surface area (Å²) in [6.07, 6.45) is 4.07. The van der Waals surface area contributed by atoms with Crippen LogP contribution in [0.5, 0.6) is 0 Å². The van der Waals surface area contributed by atoms with Gasteiger partial charge in [-0.15, -0.1) is 0 Å². The first-order valence-electron chi connectivity index (χ1n) is 6.65. The summed E-state index contributed by atoms with van der Waals surface area (Å²) in [5.74, 6) is 0.906. The number of nitrogens with one attached hydrogen (secondary N) is 1. The molecule has 2 rings (SSSR count). The van der Waals surface area contributed by atoms with Gasteiger partial charge in [0, 0.05) is 32.4 Å². The standard InChI is InChI=1S/C15H24N2/c1-12-4-7-14(10-12)16-11-13-5-8-15(9-6-13)17(2)3/h5-6,8-9,12,14,16H,4,7,10-11H2,1-3H3. The van der Waals surface area contributed by atoms with E-state index in [1.807, 2.05) is 0 Å². The molecular formula is C15H24N2. The average molecular weight is 232 g/mol. The number of hydrogen-bond acceptors (Lipinski definition) is 2. The second-order valence-electron chi connectivity index (χ2n) is 5.56. The Morgan fingerprint density at radius 2 is 1.88 bits per heavy atom. The van der Waals surface area contributed by atoms with Crippen LogP contribution in [-0.4, -0.2) is 20.1 Å². The van der Waals surface area contributed by atoms with Crippen molar-refractivity contribution in [2.75, 3.05) is 19.0 Å². The summed E-state index contributed by atoms with van der Waals surface area (Å²) in [5, 5.41) is 3.66. The Kier molecular flexibility index (Phi) is 4.06. The lowest BCUT2D eigenvalue weighted by atomic mass is 10.1. The minimum absolute atomic E-state index is 0.735. The Morgan fingerprint density at radius 3 is 2.41 bits per heavy atom. The number of hydrogen-bond donors (Lipinski definition) is 1. The van der Waals surface area contributed by atoms with E-state index in [1.54, 1.807) is 0 Å². The van der Waals surface area contributed by atoms with Crippen molar-refractivity contribution in [3.63, 3.8) is 0 Å². The Hall–Kier alpha value is -1.02. The summed E-state index contributed by atoms with van der Waals surface area (Å²) in [7, 11) is 4.15. The highest BCUT2D eigenvalue weighted by molar-refractivity contribution is 5.45. The van der Waals surface area contributed by atoms with Crippen molar-refractivity contribution < 1.29 is 0 Å². The molecule has 0 aromatic heterocycles. The van der Waals surface area contributed by atoms with Crippen LogP contribution < -0.4 is 10.2 Å². The van der Waals surface area contributed by atoms with Crippen LogP contribution in [0.15, 0.2) is 24.3 Å². The van der Waals surface area contributed by atoms with Gasteiger partial charge in [-0.05, 0) is 42.9 Å². The molecule has 0 heterocycles. The maximum absolute atomic E-state index is 3.66. The highest BCUT2D eigenvalue weighted by Gasteiger charge is 2.20. The third kappa shape index (κ3) is 3.47. The van der Waals surface area contributed by atoms with E-state index in [1.165, 1.54) is 30.5 Å². The van der Waals surface area contributed by atoms with Crippen molar-refractivity contribution in [1.29, 1.82) is 0 Å². The Balaban J connectivity index is 1.83. The zero-order valence-electron chi connectivity index (χ0n) is 11.2. The van der Waals surface area contributed by atoms with Crippen molar-refractivity contribution in [2.24, 2.45) is 5.92 Å². The fraction of sp³-hybridized carbons (Fsp3) is 0.600. The van der Waals surface area contributed by atoms with Gasteiger partial charge in [0.2, 0.25) is 0 Å². The molecule has 1 N–H and O–H groups in total. The first-order valence-corrected chi connectivity index (χ1v) is 6.65. The molecule has 1 aliphatic rings. The van der Waals surface area contributed by atoms with Gasteiger partial charge in [0.15, 0.2) is 0 Å². The van der Waals surface area contributed by atoms with Crippen LogP contribution in [0.3, 0.4) is 0 Å². The minimum atomic E-state index is 0.735. The lowest BCUT2D eigenvalue weighted by Crippen LogP contribution is -2.25. The molecule has 94 valence electrons. The first-order chi connectivity index (χ1) is 8.15. The van der Waals surface area contributed by atoms with Crippen molar-refractivity contribution in [3.05, 3.63) is 29.8 Å². The normalized spacial score (nSPS) is 23.9. The van der Waals surface area contributed by atoms with Crippen LogP contribution in [0.4, 0.5) is 5.69 Å². The lowest BCUT2D eigenvalue weighted by molar-refractivity contribution is 0.502. The van der Waals surface area contributed by atoms with Crippen LogP contribution in [0.25, 0.3) is 0 Å². The van der Waals surface area contributed by atoms with Crippen molar-refractivity contribution in [1.82, 2.24) is 5.32 Å². The molecule has 1 saturated carbocycles. The van der Waals surface area contributed by atoms with E-state index in [4.69, 9.17) is 0 Å². The molecule has 0 amide bonds. The number of rotatable bonds is 4. The lowest BCUT2D eigenvalue weighted by Gasteiger charge is -2.15. The van der Waals surface area contributed by atoms with Gasteiger partial charge in [-0.1, -0.05) is 19.1 Å². The van der Waals surface area contributed by atoms with E-state index < -0.39 is 0 Å². The highest BCUT2D eigenvalue weighted by atomic mass is 15.1. The molecule has 1 fully saturated rings. The van der Waals surface area contributed by atoms with E-state index in [2.05, 4.69) is 55.5 Å². The fourth-order valence-electron chi connectivity index (χ4n) is 2.57. The van der Waals surface area contributed by atoms with Crippen molar-refractivity contribution >= 4 is 5.69 Å². The highest BCUT2D eigenvalue weighted by Crippen LogP contribution is 2.24. The van der Waals surface area contributed by atoms with E-state index in [0.29, 0.717) is 0 Å². The molecule has 2 heteroatoms. The van der Waals surface area contributed by atoms with Gasteiger partial charge in [-0.3, -0.25) is 0 Å². The summed E-state index contributed by atoms with van der Waals surface area (Å²) in [5.41, 5.74) is 2.65. The van der Waals surface area contributed by atoms with Gasteiger partial charge in [-0.25, -0.2) is 0 Å². The molecule has 1 aliphatic carbocycles. The molecule has 0 bridgehead atoms. The molecule has 0 spiro atoms. The largest absolute Gasteiger partial charge is 0.378 e. The third-order valence-corrected chi connectivity index (χ3v) is 3.74. The molecular weight excluding hydrogens is 208 g/mol. The number of benzene rings is 1. The van der Waals surface area contributed by atoms with Crippen molar-refractivity contribution in [3.8, 4) is 0 Å². The van der Waals surface area contributed by atoms with E-state index in [-0.39, 0.29) is 0 Å². The van der Waals surface area contributed by atoms with Gasteiger partial charge in [-0.2, -0.15) is 0 Å². The summed E-state index contributed by atoms with van der Waals surface area (Å²) < 4.78 is 0. The minimum Gasteiger partial charge on any atom is -0.378 e. The predicted octanol–water partition coefficient (Wildman–Crippen LogP) is 3.03. The van der Waals surface area contributed by atoms with Gasteiger partial charge in [0.25, 0.3) is 0 Å². The van der Waals surface area contributed by atoms with E-state index in [0.717, 1.165) is 18.5 Å². The second kappa shape index (κ2) is 5.54. The molecule has 1 aromatic carbocycles. The fourth-order valence-corrected chi connectivity index (χ4v) is 2.57. The van der Waals surface area contributed by atoms with Crippen LogP contribution in [0.1, 0.15) is 31.7 Å². The maximum atomic E-state index is 3.66. The Morgan fingerprint density at radius 1 is 1.18 bits per heavy atom. The van der Waals surface area contributed by atoms with Gasteiger partial charge in [0.1, 0.15) is 0 Å². The van der Waals surface area contributed by atoms with Crippen LogP contribution in [0.2, 0.25) is 0 Å². The Labute approximate surface area is 105 Å². The molecule has 0 radical (unpaired) electrons. The van der Waals surface area contributed by atoms with Crippen LogP contribution in [0, 0.1) is 5.92 Å². The number of nitrogens with zero attached hydrogens (tertiary/aromatic N) is 1. The summed E-state index contributed by atoms with van der Waals surface area (Å²) in [4.78, 5) is 2.13. The predicted molar refractivity (Wildman–Crippen MR) is 74.4 cm³/mol. The van der Waals surface area contributed by atoms with Crippen LogP contribution in [-0.2, 0) is 6.54 Å². The smallest absolute Gasteiger partial charge is 0.0361 e. The van der Waals surface area contributed by atoms with E-state index >= 15 is 0 Å². The quantitative estimate of drug-likeness (QED) is 0.858. The number of anilines is 1. The zero-order valence-corrected chi connectivity index (χ0v) is 11.2. The van der Waals surface area contributed by atoms with Gasteiger partial charge >= 0.3 is 0 Å². The van der Waals surface area contributed by atoms with Crippen molar-refractivity contribution in [2.45, 2.75) is 38.8 Å². The maximum Gasteiger partial charge on any atom is 0.0361 e. The molecule has 1 aromatic rings. The molecule has 0 aliphatic heterocycles. The summed E-state index contributed by atoms with van der Waals surface area (Å²) >= 11 is 0. The monoisotopic (exact) mass is 232 g/mol. The van der Waals surface area contributed by atoms with Gasteiger partial charge < -0.3 is 10.2 Å². The molecule has 2 nitrogen and oxygen atoms in total. The molecule has 17 heavy (non-hydrogen) atoms. The molecule has 2 unspecified atom stereocenters. The van der Waals surface area contributed by atoms with E-state index in [9.17, 15) is 0 Å². The zero-order chi connectivity index (χ0) is 12.3. The first kappa shape index (κ1) is 12.4. The molecule has 0 saturated heterocycles. The topological polar surface area (TPSA) is 15.3 Å².